The molecule has 0 aliphatic carbocycles. The van der Waals surface area contributed by atoms with Crippen LogP contribution in [-0.4, -0.2) is 4.98 Å². The molecule has 0 amide bonds. The van der Waals surface area contributed by atoms with Crippen LogP contribution in [0.1, 0.15) is 0 Å². The van der Waals surface area contributed by atoms with Gasteiger partial charge in [-0.1, -0.05) is 91.0 Å². The lowest BCUT2D eigenvalue weighted by Gasteiger charge is -2.25. The van der Waals surface area contributed by atoms with Gasteiger partial charge in [0, 0.05) is 46.3 Å². The van der Waals surface area contributed by atoms with Crippen LogP contribution >= 0.6 is 0 Å². The number of furan rings is 1. The fourth-order valence-electron chi connectivity index (χ4n) is 6.57. The Hall–Kier alpha value is -5.93. The molecule has 0 fully saturated rings. The molecule has 0 N–H and O–H groups in total. The number of pyridine rings is 1. The van der Waals surface area contributed by atoms with Gasteiger partial charge in [-0.25, -0.2) is 0 Å². The summed E-state index contributed by atoms with van der Waals surface area (Å²) in [6.45, 7) is 0. The highest BCUT2D eigenvalue weighted by Crippen LogP contribution is 2.39. The van der Waals surface area contributed by atoms with Crippen LogP contribution in [0, 0.1) is 0 Å². The zero-order chi connectivity index (χ0) is 29.0. The summed E-state index contributed by atoms with van der Waals surface area (Å²) in [7, 11) is 0. The van der Waals surface area contributed by atoms with E-state index >= 15 is 0 Å². The van der Waals surface area contributed by atoms with Gasteiger partial charge in [-0.3, -0.25) is 4.98 Å². The maximum absolute atomic E-state index is 6.21. The number of para-hydroxylation sites is 1. The van der Waals surface area contributed by atoms with Gasteiger partial charge in [0.1, 0.15) is 11.2 Å². The van der Waals surface area contributed by atoms with Gasteiger partial charge in [0.15, 0.2) is 0 Å². The van der Waals surface area contributed by atoms with E-state index in [1.54, 1.807) is 6.20 Å². The van der Waals surface area contributed by atoms with Gasteiger partial charge in [-0.05, 0) is 92.0 Å². The van der Waals surface area contributed by atoms with E-state index in [2.05, 4.69) is 143 Å². The number of hydrogen-bond acceptors (Lipinski definition) is 3. The monoisotopic (exact) mass is 562 g/mol. The van der Waals surface area contributed by atoms with Crippen molar-refractivity contribution in [2.75, 3.05) is 4.90 Å². The predicted octanol–water partition coefficient (Wildman–Crippen LogP) is 11.6. The summed E-state index contributed by atoms with van der Waals surface area (Å²) in [6, 6.07) is 52.1. The Kier molecular flexibility index (Phi) is 5.50. The zero-order valence-electron chi connectivity index (χ0n) is 23.8. The van der Waals surface area contributed by atoms with Crippen molar-refractivity contribution < 1.29 is 4.42 Å². The van der Waals surface area contributed by atoms with Crippen molar-refractivity contribution in [2.24, 2.45) is 0 Å². The normalized spacial score (nSPS) is 11.6. The largest absolute Gasteiger partial charge is 0.456 e. The van der Waals surface area contributed by atoms with Crippen LogP contribution in [0.4, 0.5) is 17.1 Å². The van der Waals surface area contributed by atoms with Crippen LogP contribution in [0.15, 0.2) is 162 Å². The second-order valence-corrected chi connectivity index (χ2v) is 11.3. The molecule has 3 nitrogen and oxygen atoms in total. The Bertz CT molecular complexity index is 2490. The molecule has 2 aromatic heterocycles. The molecule has 0 radical (unpaired) electrons. The Labute approximate surface area is 254 Å². The Morgan fingerprint density at radius 3 is 1.93 bits per heavy atom. The maximum atomic E-state index is 6.21. The summed E-state index contributed by atoms with van der Waals surface area (Å²) in [5, 5.41) is 9.75. The average Bonchev–Trinajstić information content (AvgIpc) is 3.47. The second kappa shape index (κ2) is 9.82. The molecule has 0 unspecified atom stereocenters. The number of nitrogens with zero attached hydrogens (tertiary/aromatic N) is 2. The zero-order valence-corrected chi connectivity index (χ0v) is 23.8. The third-order valence-electron chi connectivity index (χ3n) is 8.73. The van der Waals surface area contributed by atoms with E-state index in [1.165, 1.54) is 43.4 Å². The van der Waals surface area contributed by atoms with Crippen LogP contribution in [0.25, 0.3) is 65.4 Å². The van der Waals surface area contributed by atoms with Crippen molar-refractivity contribution in [2.45, 2.75) is 0 Å². The first-order valence-corrected chi connectivity index (χ1v) is 14.9. The highest BCUT2D eigenvalue weighted by molar-refractivity contribution is 6.17. The summed E-state index contributed by atoms with van der Waals surface area (Å²) >= 11 is 0. The molecule has 7 aromatic carbocycles. The lowest BCUT2D eigenvalue weighted by molar-refractivity contribution is 0.668. The molecule has 0 bridgehead atoms. The highest BCUT2D eigenvalue weighted by Gasteiger charge is 2.16. The highest BCUT2D eigenvalue weighted by atomic mass is 16.3. The molecule has 0 saturated carbocycles. The van der Waals surface area contributed by atoms with Crippen LogP contribution in [0.5, 0.6) is 0 Å². The quantitative estimate of drug-likeness (QED) is 0.200. The van der Waals surface area contributed by atoms with E-state index in [1.807, 2.05) is 18.3 Å². The predicted molar refractivity (Wildman–Crippen MR) is 184 cm³/mol. The van der Waals surface area contributed by atoms with E-state index in [9.17, 15) is 0 Å². The van der Waals surface area contributed by atoms with Crippen molar-refractivity contribution in [3.05, 3.63) is 158 Å². The van der Waals surface area contributed by atoms with Crippen LogP contribution in [-0.2, 0) is 0 Å². The molecule has 44 heavy (non-hydrogen) atoms. The minimum Gasteiger partial charge on any atom is -0.456 e. The number of fused-ring (bicyclic) bond motifs is 8. The van der Waals surface area contributed by atoms with Gasteiger partial charge >= 0.3 is 0 Å². The number of anilines is 3. The molecule has 9 rings (SSSR count). The number of aromatic nitrogens is 1. The molecule has 0 aliphatic heterocycles. The van der Waals surface area contributed by atoms with Crippen molar-refractivity contribution in [3.63, 3.8) is 0 Å². The minimum atomic E-state index is 0.846. The van der Waals surface area contributed by atoms with Crippen molar-refractivity contribution in [3.8, 4) is 11.1 Å². The van der Waals surface area contributed by atoms with E-state index in [0.717, 1.165) is 39.0 Å². The lowest BCUT2D eigenvalue weighted by atomic mass is 9.94. The van der Waals surface area contributed by atoms with Crippen molar-refractivity contribution in [1.29, 1.82) is 0 Å². The fraction of sp³-hybridized carbons (Fsp3) is 0. The molecule has 9 aromatic rings. The molecular weight excluding hydrogens is 536 g/mol. The third-order valence-corrected chi connectivity index (χ3v) is 8.73. The number of benzene rings is 7. The number of hydrogen-bond donors (Lipinski definition) is 0. The smallest absolute Gasteiger partial charge is 0.138 e. The number of rotatable bonds is 4. The first kappa shape index (κ1) is 24.6. The van der Waals surface area contributed by atoms with Crippen LogP contribution < -0.4 is 4.90 Å². The topological polar surface area (TPSA) is 29.3 Å². The second-order valence-electron chi connectivity index (χ2n) is 11.3. The van der Waals surface area contributed by atoms with Gasteiger partial charge in [-0.15, -0.1) is 0 Å². The molecule has 0 atom stereocenters. The molecule has 0 aliphatic rings. The molecule has 0 spiro atoms. The van der Waals surface area contributed by atoms with Gasteiger partial charge in [0.05, 0.1) is 0 Å². The van der Waals surface area contributed by atoms with Crippen LogP contribution in [0.2, 0.25) is 0 Å². The standard InChI is InChI=1S/C41H26N2O/c1-2-7-31(8-3-1)43(33-18-21-37-39-26-42-23-22-40(39)44-41(37)25-33)32-16-12-27(13-17-32)30-11-10-29-15-19-35-34-9-5-4-6-28(34)14-20-36(35)38(29)24-30/h1-26H. The molecule has 2 heterocycles. The molecular formula is C41H26N2O. The third kappa shape index (κ3) is 3.94. The Morgan fingerprint density at radius 1 is 0.409 bits per heavy atom. The van der Waals surface area contributed by atoms with Crippen LogP contribution in [0.3, 0.4) is 0 Å². The van der Waals surface area contributed by atoms with Gasteiger partial charge < -0.3 is 9.32 Å². The molecule has 0 saturated heterocycles. The maximum Gasteiger partial charge on any atom is 0.138 e. The molecule has 206 valence electrons. The van der Waals surface area contributed by atoms with Crippen molar-refractivity contribution >= 4 is 71.3 Å². The summed E-state index contributed by atoms with van der Waals surface area (Å²) in [5.74, 6) is 0. The first-order valence-electron chi connectivity index (χ1n) is 14.9. The Balaban J connectivity index is 1.14. The lowest BCUT2D eigenvalue weighted by Crippen LogP contribution is -2.09. The molecule has 3 heteroatoms. The van der Waals surface area contributed by atoms with Crippen molar-refractivity contribution in [1.82, 2.24) is 4.98 Å². The van der Waals surface area contributed by atoms with E-state index in [0.29, 0.717) is 0 Å². The SMILES string of the molecule is c1ccc(N(c2ccc(-c3ccc4ccc5c6ccccc6ccc5c4c3)cc2)c2ccc3c(c2)oc2ccncc23)cc1. The van der Waals surface area contributed by atoms with Gasteiger partial charge in [0.2, 0.25) is 0 Å². The Morgan fingerprint density at radius 2 is 1.07 bits per heavy atom. The van der Waals surface area contributed by atoms with E-state index in [-0.39, 0.29) is 0 Å². The first-order chi connectivity index (χ1) is 21.8. The average molecular weight is 563 g/mol. The summed E-state index contributed by atoms with van der Waals surface area (Å²) in [5.41, 5.74) is 7.28. The summed E-state index contributed by atoms with van der Waals surface area (Å²) < 4.78 is 6.21. The van der Waals surface area contributed by atoms with Gasteiger partial charge in [0.25, 0.3) is 0 Å². The van der Waals surface area contributed by atoms with Gasteiger partial charge in [-0.2, -0.15) is 0 Å². The van der Waals surface area contributed by atoms with E-state index < -0.39 is 0 Å². The minimum absolute atomic E-state index is 0.846. The fourth-order valence-corrected chi connectivity index (χ4v) is 6.57. The summed E-state index contributed by atoms with van der Waals surface area (Å²) in [4.78, 5) is 6.57. The summed E-state index contributed by atoms with van der Waals surface area (Å²) in [6.07, 6.45) is 3.63. The van der Waals surface area contributed by atoms with E-state index in [4.69, 9.17) is 4.42 Å².